The second-order valence-electron chi connectivity index (χ2n) is 13.9. The quantitative estimate of drug-likeness (QED) is 0.0574. The second-order valence-corrected chi connectivity index (χ2v) is 13.9. The maximum Gasteiger partial charge on any atom is 0.310 e. The van der Waals surface area contributed by atoms with Crippen LogP contribution in [0.25, 0.3) is 0 Å². The maximum atomic E-state index is 12.8. The van der Waals surface area contributed by atoms with E-state index in [4.69, 9.17) is 9.47 Å². The molecule has 0 fully saturated rings. The third-order valence-electron chi connectivity index (χ3n) is 8.23. The molecular weight excluding hydrogens is 805 g/mol. The van der Waals surface area contributed by atoms with Crippen LogP contribution in [0.5, 0.6) is 0 Å². The molecule has 2 heterocycles. The Bertz CT molecular complexity index is 2120. The summed E-state index contributed by atoms with van der Waals surface area (Å²) in [6, 6.07) is 18.6. The molecule has 4 aromatic rings. The molecule has 20 heteroatoms. The third kappa shape index (κ3) is 15.7. The first-order chi connectivity index (χ1) is 29.4. The van der Waals surface area contributed by atoms with Gasteiger partial charge in [-0.3, -0.25) is 38.4 Å². The molecule has 0 aliphatic carbocycles. The van der Waals surface area contributed by atoms with Crippen LogP contribution < -0.4 is 31.9 Å². The van der Waals surface area contributed by atoms with Gasteiger partial charge in [-0.15, -0.1) is 0 Å². The first-order valence-electron chi connectivity index (χ1n) is 19.1. The number of esters is 2. The summed E-state index contributed by atoms with van der Waals surface area (Å²) < 4.78 is 10.8. The number of nitrogens with one attached hydrogen (secondary N) is 6. The molecule has 324 valence electrons. The van der Waals surface area contributed by atoms with Gasteiger partial charge in [0.1, 0.15) is 36.5 Å². The summed E-state index contributed by atoms with van der Waals surface area (Å²) in [5.41, 5.74) is 2.48. The van der Waals surface area contributed by atoms with Crippen LogP contribution in [0.15, 0.2) is 83.0 Å². The first kappa shape index (κ1) is 46.8. The van der Waals surface area contributed by atoms with Gasteiger partial charge in [0, 0.05) is 51.9 Å². The molecule has 6 amide bonds. The van der Waals surface area contributed by atoms with Gasteiger partial charge in [0.2, 0.25) is 23.6 Å². The third-order valence-corrected chi connectivity index (χ3v) is 8.23. The van der Waals surface area contributed by atoms with Crippen LogP contribution in [0.2, 0.25) is 0 Å². The fraction of sp³-hybridized carbons (Fsp3) is 0.286. The van der Waals surface area contributed by atoms with Gasteiger partial charge in [-0.2, -0.15) is 10.2 Å². The van der Waals surface area contributed by atoms with E-state index in [2.05, 4.69) is 52.1 Å². The zero-order valence-electron chi connectivity index (χ0n) is 34.8. The van der Waals surface area contributed by atoms with E-state index in [1.54, 1.807) is 62.4 Å². The van der Waals surface area contributed by atoms with Crippen LogP contribution in [-0.2, 0) is 51.5 Å². The van der Waals surface area contributed by atoms with Gasteiger partial charge < -0.3 is 41.4 Å². The smallest absolute Gasteiger partial charge is 0.310 e. The monoisotopic (exact) mass is 850 g/mol. The molecule has 2 aromatic carbocycles. The molecule has 62 heavy (non-hydrogen) atoms. The summed E-state index contributed by atoms with van der Waals surface area (Å²) in [6.07, 6.45) is 0. The zero-order chi connectivity index (χ0) is 45.3. The minimum absolute atomic E-state index is 0.0102. The van der Waals surface area contributed by atoms with Crippen LogP contribution >= 0.6 is 0 Å². The number of amides is 6. The molecular formula is C42H46N10O10. The van der Waals surface area contributed by atoms with E-state index in [0.717, 1.165) is 0 Å². The summed E-state index contributed by atoms with van der Waals surface area (Å²) in [5, 5.41) is 23.9. The Morgan fingerprint density at radius 2 is 0.790 bits per heavy atom. The van der Waals surface area contributed by atoms with Crippen molar-refractivity contribution in [2.75, 3.05) is 34.4 Å². The Balaban J connectivity index is 1.20. The average molecular weight is 851 g/mol. The van der Waals surface area contributed by atoms with Crippen molar-refractivity contribution >= 4 is 82.0 Å². The fourth-order valence-electron chi connectivity index (χ4n) is 5.25. The molecule has 0 bridgehead atoms. The van der Waals surface area contributed by atoms with E-state index in [1.165, 1.54) is 52.0 Å². The van der Waals surface area contributed by atoms with Crippen molar-refractivity contribution in [2.45, 2.75) is 54.8 Å². The van der Waals surface area contributed by atoms with Crippen LogP contribution in [0.3, 0.4) is 0 Å². The SMILES string of the molecule is CC(=O)Nc1cc(COC(=O)C(C)CNC(=O)c2ccc(/N=N/c3ccc(C(=O)NCC(C)C(=O)OCc4cc(NC(C)=O)nc(NC(C)=O)c4)cc3)cc2)cc(NC(C)=O)n1. The molecule has 0 spiro atoms. The molecule has 0 radical (unpaired) electrons. The lowest BCUT2D eigenvalue weighted by Gasteiger charge is -2.14. The lowest BCUT2D eigenvalue weighted by Crippen LogP contribution is -2.32. The predicted octanol–water partition coefficient (Wildman–Crippen LogP) is 4.94. The van der Waals surface area contributed by atoms with E-state index in [9.17, 15) is 38.4 Å². The minimum atomic E-state index is -0.700. The van der Waals surface area contributed by atoms with Gasteiger partial charge in [0.05, 0.1) is 23.2 Å². The van der Waals surface area contributed by atoms with Gasteiger partial charge in [0.25, 0.3) is 11.8 Å². The molecule has 0 saturated carbocycles. The van der Waals surface area contributed by atoms with Crippen LogP contribution in [0, 0.1) is 11.8 Å². The van der Waals surface area contributed by atoms with Crippen molar-refractivity contribution in [3.63, 3.8) is 0 Å². The Morgan fingerprint density at radius 3 is 1.06 bits per heavy atom. The van der Waals surface area contributed by atoms with E-state index < -0.39 is 35.6 Å². The van der Waals surface area contributed by atoms with E-state index in [1.807, 2.05) is 0 Å². The predicted molar refractivity (Wildman–Crippen MR) is 225 cm³/mol. The number of hydrogen-bond acceptors (Lipinski definition) is 14. The Morgan fingerprint density at radius 1 is 0.500 bits per heavy atom. The van der Waals surface area contributed by atoms with Gasteiger partial charge in [-0.25, -0.2) is 9.97 Å². The Hall–Kier alpha value is -7.90. The van der Waals surface area contributed by atoms with E-state index >= 15 is 0 Å². The zero-order valence-corrected chi connectivity index (χ0v) is 34.8. The molecule has 2 atom stereocenters. The molecule has 6 N–H and O–H groups in total. The number of hydrogen-bond donors (Lipinski definition) is 6. The second kappa shape index (κ2) is 22.5. The van der Waals surface area contributed by atoms with Crippen molar-refractivity contribution in [3.8, 4) is 0 Å². The van der Waals surface area contributed by atoms with Gasteiger partial charge in [-0.1, -0.05) is 13.8 Å². The van der Waals surface area contributed by atoms with Crippen LogP contribution in [-0.4, -0.2) is 70.4 Å². The van der Waals surface area contributed by atoms with E-state index in [0.29, 0.717) is 33.6 Å². The van der Waals surface area contributed by atoms with Crippen molar-refractivity contribution in [2.24, 2.45) is 22.1 Å². The van der Waals surface area contributed by atoms with Crippen molar-refractivity contribution in [3.05, 3.63) is 95.1 Å². The molecule has 0 saturated heterocycles. The highest BCUT2D eigenvalue weighted by Gasteiger charge is 2.19. The number of carbonyl (C=O) groups excluding carboxylic acids is 8. The van der Waals surface area contributed by atoms with Crippen molar-refractivity contribution < 1.29 is 47.8 Å². The normalized spacial score (nSPS) is 11.6. The number of anilines is 4. The average Bonchev–Trinajstić information content (AvgIpc) is 3.21. The lowest BCUT2D eigenvalue weighted by molar-refractivity contribution is -0.149. The van der Waals surface area contributed by atoms with Gasteiger partial charge in [0.15, 0.2) is 0 Å². The highest BCUT2D eigenvalue weighted by atomic mass is 16.5. The molecule has 20 nitrogen and oxygen atoms in total. The number of benzene rings is 2. The number of nitrogens with zero attached hydrogens (tertiary/aromatic N) is 4. The van der Waals surface area contributed by atoms with Crippen molar-refractivity contribution in [1.82, 2.24) is 20.6 Å². The molecule has 2 unspecified atom stereocenters. The molecule has 4 rings (SSSR count). The summed E-state index contributed by atoms with van der Waals surface area (Å²) in [6.45, 7) is 8.06. The maximum absolute atomic E-state index is 12.8. The summed E-state index contributed by atoms with van der Waals surface area (Å²) in [4.78, 5) is 105. The Labute approximate surface area is 356 Å². The molecule has 2 aromatic heterocycles. The number of carbonyl (C=O) groups is 8. The highest BCUT2D eigenvalue weighted by molar-refractivity contribution is 5.95. The summed E-state index contributed by atoms with van der Waals surface area (Å²) in [7, 11) is 0. The van der Waals surface area contributed by atoms with Crippen LogP contribution in [0.1, 0.15) is 73.4 Å². The van der Waals surface area contributed by atoms with Gasteiger partial charge in [-0.05, 0) is 83.9 Å². The standard InChI is InChI=1S/C42H46N10O10/c1-23(41(59)61-21-29-15-35(45-25(3)53)49-36(16-29)46-26(4)54)19-43-39(57)31-7-11-33(12-8-31)51-52-34-13-9-32(10-14-34)40(58)44-20-24(2)42(60)62-22-30-17-37(47-27(5)55)50-38(18-30)48-28(6)56/h7-18,23-24H,19-22H2,1-6H3,(H,43,57)(H,44,58)(H2,45,46,49,53,54)(H2,47,48,50,55,56)/b52-51+. The summed E-state index contributed by atoms with van der Waals surface area (Å²) in [5.74, 6) is -4.19. The number of azo groups is 1. The number of aromatic nitrogens is 2. The minimum Gasteiger partial charge on any atom is -0.461 e. The number of pyridine rings is 2. The molecule has 0 aliphatic rings. The molecule has 0 aliphatic heterocycles. The topological polar surface area (TPSA) is 278 Å². The van der Waals surface area contributed by atoms with Crippen molar-refractivity contribution in [1.29, 1.82) is 0 Å². The number of ether oxygens (including phenoxy) is 2. The first-order valence-corrected chi connectivity index (χ1v) is 19.1. The lowest BCUT2D eigenvalue weighted by atomic mass is 10.1. The largest absolute Gasteiger partial charge is 0.461 e. The van der Waals surface area contributed by atoms with E-state index in [-0.39, 0.29) is 73.2 Å². The number of rotatable bonds is 18. The fourth-order valence-corrected chi connectivity index (χ4v) is 5.25. The highest BCUT2D eigenvalue weighted by Crippen LogP contribution is 2.21. The van der Waals surface area contributed by atoms with Crippen LogP contribution in [0.4, 0.5) is 34.6 Å². The summed E-state index contributed by atoms with van der Waals surface area (Å²) >= 11 is 0. The van der Waals surface area contributed by atoms with Gasteiger partial charge >= 0.3 is 11.9 Å². The Kier molecular flexibility index (Phi) is 17.0.